The Morgan fingerprint density at radius 3 is 2.79 bits per heavy atom. The molecule has 0 aliphatic carbocycles. The van der Waals surface area contributed by atoms with E-state index in [-0.39, 0.29) is 18.0 Å². The Hall–Kier alpha value is -0.910. The molecule has 1 saturated heterocycles. The van der Waals surface area contributed by atoms with Crippen LogP contribution in [0.25, 0.3) is 0 Å². The molecule has 3 atom stereocenters. The van der Waals surface area contributed by atoms with Crippen LogP contribution in [0.4, 0.5) is 0 Å². The highest BCUT2D eigenvalue weighted by Gasteiger charge is 2.28. The molecule has 0 radical (unpaired) electrons. The van der Waals surface area contributed by atoms with E-state index in [1.54, 1.807) is 0 Å². The maximum atomic E-state index is 12.0. The SMILES string of the molecule is C[C@H](Cc1ccc(Br)cc1)NC(=O)[C@H]1C[C@H](O)CN1. The van der Waals surface area contributed by atoms with Crippen molar-refractivity contribution >= 4 is 21.8 Å². The largest absolute Gasteiger partial charge is 0.392 e. The van der Waals surface area contributed by atoms with Gasteiger partial charge in [-0.1, -0.05) is 28.1 Å². The van der Waals surface area contributed by atoms with Crippen LogP contribution in [0.2, 0.25) is 0 Å². The zero-order chi connectivity index (χ0) is 13.8. The number of aliphatic hydroxyl groups excluding tert-OH is 1. The maximum absolute atomic E-state index is 12.0. The van der Waals surface area contributed by atoms with Crippen LogP contribution in [0.1, 0.15) is 18.9 Å². The van der Waals surface area contributed by atoms with E-state index in [0.29, 0.717) is 13.0 Å². The van der Waals surface area contributed by atoms with Gasteiger partial charge in [-0.2, -0.15) is 0 Å². The smallest absolute Gasteiger partial charge is 0.237 e. The van der Waals surface area contributed by atoms with Crippen molar-refractivity contribution < 1.29 is 9.90 Å². The van der Waals surface area contributed by atoms with Crippen LogP contribution in [-0.4, -0.2) is 35.7 Å². The van der Waals surface area contributed by atoms with Crippen LogP contribution in [0.5, 0.6) is 0 Å². The Labute approximate surface area is 121 Å². The van der Waals surface area contributed by atoms with Crippen LogP contribution in [0.3, 0.4) is 0 Å². The van der Waals surface area contributed by atoms with Crippen molar-refractivity contribution in [2.45, 2.75) is 38.0 Å². The van der Waals surface area contributed by atoms with Crippen molar-refractivity contribution in [2.75, 3.05) is 6.54 Å². The number of carbonyl (C=O) groups is 1. The average molecular weight is 327 g/mol. The fraction of sp³-hybridized carbons (Fsp3) is 0.500. The fourth-order valence-corrected chi connectivity index (χ4v) is 2.55. The summed E-state index contributed by atoms with van der Waals surface area (Å²) in [5, 5.41) is 15.4. The van der Waals surface area contributed by atoms with Crippen molar-refractivity contribution in [2.24, 2.45) is 0 Å². The molecule has 0 aromatic heterocycles. The molecule has 1 fully saturated rings. The summed E-state index contributed by atoms with van der Waals surface area (Å²) in [5.74, 6) is -0.0267. The number of β-amino-alcohol motifs (C(OH)–C–C–N with tert-alkyl or cyclic N) is 1. The highest BCUT2D eigenvalue weighted by molar-refractivity contribution is 9.10. The Balaban J connectivity index is 1.82. The molecule has 5 heteroatoms. The molecule has 104 valence electrons. The van der Waals surface area contributed by atoms with Gasteiger partial charge in [0.25, 0.3) is 0 Å². The second-order valence-corrected chi connectivity index (χ2v) is 6.01. The molecule has 0 unspecified atom stereocenters. The first-order valence-electron chi connectivity index (χ1n) is 6.51. The molecule has 1 aliphatic heterocycles. The van der Waals surface area contributed by atoms with Gasteiger partial charge in [-0.15, -0.1) is 0 Å². The highest BCUT2D eigenvalue weighted by Crippen LogP contribution is 2.12. The van der Waals surface area contributed by atoms with Crippen molar-refractivity contribution in [1.82, 2.24) is 10.6 Å². The molecule has 3 N–H and O–H groups in total. The van der Waals surface area contributed by atoms with Gasteiger partial charge in [-0.3, -0.25) is 4.79 Å². The van der Waals surface area contributed by atoms with Gasteiger partial charge in [0.15, 0.2) is 0 Å². The number of rotatable bonds is 4. The lowest BCUT2D eigenvalue weighted by atomic mass is 10.1. The minimum absolute atomic E-state index is 0.0267. The first kappa shape index (κ1) is 14.5. The summed E-state index contributed by atoms with van der Waals surface area (Å²) in [6, 6.07) is 7.90. The molecule has 1 amide bonds. The van der Waals surface area contributed by atoms with E-state index in [1.807, 2.05) is 31.2 Å². The fourth-order valence-electron chi connectivity index (χ4n) is 2.29. The Bertz CT molecular complexity index is 436. The monoisotopic (exact) mass is 326 g/mol. The number of hydrogen-bond acceptors (Lipinski definition) is 3. The molecule has 1 aromatic carbocycles. The predicted molar refractivity (Wildman–Crippen MR) is 77.9 cm³/mol. The Kier molecular flexibility index (Phi) is 4.96. The Morgan fingerprint density at radius 1 is 1.53 bits per heavy atom. The lowest BCUT2D eigenvalue weighted by Crippen LogP contribution is -2.44. The summed E-state index contributed by atoms with van der Waals surface area (Å²) < 4.78 is 1.05. The van der Waals surface area contributed by atoms with Crippen LogP contribution in [0, 0.1) is 0 Å². The summed E-state index contributed by atoms with van der Waals surface area (Å²) in [7, 11) is 0. The summed E-state index contributed by atoms with van der Waals surface area (Å²) >= 11 is 3.40. The van der Waals surface area contributed by atoms with Gasteiger partial charge in [0.1, 0.15) is 0 Å². The summed E-state index contributed by atoms with van der Waals surface area (Å²) in [4.78, 5) is 12.0. The number of nitrogens with one attached hydrogen (secondary N) is 2. The molecule has 1 heterocycles. The van der Waals surface area contributed by atoms with Crippen LogP contribution in [-0.2, 0) is 11.2 Å². The second kappa shape index (κ2) is 6.50. The van der Waals surface area contributed by atoms with Gasteiger partial charge in [0, 0.05) is 17.1 Å². The molecular weight excluding hydrogens is 308 g/mol. The van der Waals surface area contributed by atoms with Crippen molar-refractivity contribution in [3.63, 3.8) is 0 Å². The number of aliphatic hydroxyl groups is 1. The third kappa shape index (κ3) is 4.30. The van der Waals surface area contributed by atoms with E-state index in [4.69, 9.17) is 0 Å². The number of amides is 1. The van der Waals surface area contributed by atoms with E-state index in [9.17, 15) is 9.90 Å². The molecule has 2 rings (SSSR count). The molecule has 19 heavy (non-hydrogen) atoms. The van der Waals surface area contributed by atoms with Crippen LogP contribution in [0.15, 0.2) is 28.7 Å². The maximum Gasteiger partial charge on any atom is 0.237 e. The quantitative estimate of drug-likeness (QED) is 0.779. The van der Waals surface area contributed by atoms with E-state index in [1.165, 1.54) is 5.56 Å². The lowest BCUT2D eigenvalue weighted by molar-refractivity contribution is -0.123. The zero-order valence-corrected chi connectivity index (χ0v) is 12.5. The van der Waals surface area contributed by atoms with Crippen LogP contribution < -0.4 is 10.6 Å². The minimum Gasteiger partial charge on any atom is -0.392 e. The van der Waals surface area contributed by atoms with Crippen molar-refractivity contribution in [3.8, 4) is 0 Å². The molecule has 1 aliphatic rings. The third-order valence-electron chi connectivity index (χ3n) is 3.27. The van der Waals surface area contributed by atoms with Gasteiger partial charge in [0.2, 0.25) is 5.91 Å². The van der Waals surface area contributed by atoms with Gasteiger partial charge in [0.05, 0.1) is 12.1 Å². The zero-order valence-electron chi connectivity index (χ0n) is 10.9. The number of carbonyl (C=O) groups excluding carboxylic acids is 1. The van der Waals surface area contributed by atoms with E-state index < -0.39 is 6.10 Å². The first-order valence-corrected chi connectivity index (χ1v) is 7.30. The lowest BCUT2D eigenvalue weighted by Gasteiger charge is -2.17. The van der Waals surface area contributed by atoms with Gasteiger partial charge >= 0.3 is 0 Å². The van der Waals surface area contributed by atoms with Gasteiger partial charge in [-0.05, 0) is 37.5 Å². The molecule has 0 saturated carbocycles. The third-order valence-corrected chi connectivity index (χ3v) is 3.80. The van der Waals surface area contributed by atoms with Gasteiger partial charge < -0.3 is 15.7 Å². The number of halogens is 1. The molecule has 1 aromatic rings. The molecular formula is C14H19BrN2O2. The predicted octanol–water partition coefficient (Wildman–Crippen LogP) is 1.22. The van der Waals surface area contributed by atoms with Crippen molar-refractivity contribution in [3.05, 3.63) is 34.3 Å². The van der Waals surface area contributed by atoms with E-state index >= 15 is 0 Å². The van der Waals surface area contributed by atoms with Crippen LogP contribution >= 0.6 is 15.9 Å². The molecule has 4 nitrogen and oxygen atoms in total. The molecule has 0 bridgehead atoms. The summed E-state index contributed by atoms with van der Waals surface area (Å²) in [6.07, 6.45) is 0.892. The second-order valence-electron chi connectivity index (χ2n) is 5.09. The summed E-state index contributed by atoms with van der Waals surface area (Å²) in [6.45, 7) is 2.49. The topological polar surface area (TPSA) is 61.4 Å². The normalized spacial score (nSPS) is 24.2. The standard InChI is InChI=1S/C14H19BrN2O2/c1-9(6-10-2-4-11(15)5-3-10)17-14(19)13-7-12(18)8-16-13/h2-5,9,12-13,16,18H,6-8H2,1H3,(H,17,19)/t9-,12+,13-/m1/s1. The van der Waals surface area contributed by atoms with E-state index in [2.05, 4.69) is 26.6 Å². The average Bonchev–Trinajstić information content (AvgIpc) is 2.79. The first-order chi connectivity index (χ1) is 9.04. The van der Waals surface area contributed by atoms with Gasteiger partial charge in [-0.25, -0.2) is 0 Å². The number of hydrogen-bond donors (Lipinski definition) is 3. The Morgan fingerprint density at radius 2 is 2.21 bits per heavy atom. The minimum atomic E-state index is -0.405. The highest BCUT2D eigenvalue weighted by atomic mass is 79.9. The molecule has 0 spiro atoms. The van der Waals surface area contributed by atoms with E-state index in [0.717, 1.165) is 10.9 Å². The number of benzene rings is 1. The summed E-state index contributed by atoms with van der Waals surface area (Å²) in [5.41, 5.74) is 1.19. The van der Waals surface area contributed by atoms with Crippen molar-refractivity contribution in [1.29, 1.82) is 0 Å².